The molecule has 14 heavy (non-hydrogen) atoms. The smallest absolute Gasteiger partial charge is 0.246 e. The van der Waals surface area contributed by atoms with Gasteiger partial charge in [0, 0.05) is 0 Å². The van der Waals surface area contributed by atoms with Crippen LogP contribution in [0, 0.1) is 0 Å². The topological polar surface area (TPSA) is 58.6 Å². The van der Waals surface area contributed by atoms with Crippen molar-refractivity contribution in [3.63, 3.8) is 0 Å². The summed E-state index contributed by atoms with van der Waals surface area (Å²) in [6.45, 7) is 3.99. The molecule has 0 aliphatic heterocycles. The van der Waals surface area contributed by atoms with Crippen molar-refractivity contribution in [3.8, 4) is 0 Å². The highest BCUT2D eigenvalue weighted by molar-refractivity contribution is 5.75. The van der Waals surface area contributed by atoms with E-state index in [1.807, 2.05) is 13.8 Å². The van der Waals surface area contributed by atoms with E-state index >= 15 is 0 Å². The van der Waals surface area contributed by atoms with Gasteiger partial charge in [0.2, 0.25) is 5.91 Å². The van der Waals surface area contributed by atoms with Crippen LogP contribution in [0.25, 0.3) is 0 Å². The minimum Gasteiger partial charge on any atom is -0.389 e. The molecule has 4 nitrogen and oxygen atoms in total. The summed E-state index contributed by atoms with van der Waals surface area (Å²) < 4.78 is 0. The summed E-state index contributed by atoms with van der Waals surface area (Å²) in [7, 11) is 1.39. The second kappa shape index (κ2) is 6.79. The molecule has 0 bridgehead atoms. The lowest BCUT2D eigenvalue weighted by atomic mass is 9.89. The van der Waals surface area contributed by atoms with Crippen LogP contribution in [-0.2, 0) is 9.63 Å². The van der Waals surface area contributed by atoms with E-state index in [1.165, 1.54) is 7.11 Å². The van der Waals surface area contributed by atoms with E-state index in [0.717, 1.165) is 12.8 Å². The van der Waals surface area contributed by atoms with Crippen LogP contribution >= 0.6 is 0 Å². The van der Waals surface area contributed by atoms with E-state index in [1.54, 1.807) is 0 Å². The van der Waals surface area contributed by atoms with Crippen molar-refractivity contribution in [3.05, 3.63) is 0 Å². The molecule has 0 saturated heterocycles. The van der Waals surface area contributed by atoms with Crippen LogP contribution < -0.4 is 5.48 Å². The highest BCUT2D eigenvalue weighted by atomic mass is 16.6. The van der Waals surface area contributed by atoms with Gasteiger partial charge >= 0.3 is 0 Å². The Bertz CT molecular complexity index is 165. The summed E-state index contributed by atoms with van der Waals surface area (Å²) >= 11 is 0. The number of amides is 1. The maximum absolute atomic E-state index is 11.2. The monoisotopic (exact) mass is 203 g/mol. The molecular weight excluding hydrogens is 182 g/mol. The van der Waals surface area contributed by atoms with Gasteiger partial charge in [-0.1, -0.05) is 26.7 Å². The first-order valence-corrected chi connectivity index (χ1v) is 5.12. The molecule has 0 aliphatic carbocycles. The number of hydroxylamine groups is 1. The van der Waals surface area contributed by atoms with Gasteiger partial charge in [-0.2, -0.15) is 0 Å². The second-order valence-electron chi connectivity index (χ2n) is 3.63. The van der Waals surface area contributed by atoms with Gasteiger partial charge in [-0.25, -0.2) is 5.48 Å². The molecule has 0 aromatic rings. The minimum atomic E-state index is -0.869. The largest absolute Gasteiger partial charge is 0.389 e. The number of hydrogen-bond acceptors (Lipinski definition) is 3. The summed E-state index contributed by atoms with van der Waals surface area (Å²) in [6, 6.07) is 0. The normalized spacial score (nSPS) is 11.4. The zero-order valence-electron chi connectivity index (χ0n) is 9.30. The molecule has 0 radical (unpaired) electrons. The number of rotatable bonds is 7. The van der Waals surface area contributed by atoms with E-state index in [0.29, 0.717) is 12.8 Å². The lowest BCUT2D eigenvalue weighted by molar-refractivity contribution is -0.137. The summed E-state index contributed by atoms with van der Waals surface area (Å²) in [5.74, 6) is -0.267. The van der Waals surface area contributed by atoms with Crippen LogP contribution in [0.4, 0.5) is 0 Å². The highest BCUT2D eigenvalue weighted by Gasteiger charge is 2.27. The Kier molecular flexibility index (Phi) is 6.49. The van der Waals surface area contributed by atoms with Gasteiger partial charge in [0.25, 0.3) is 0 Å². The molecule has 0 spiro atoms. The average molecular weight is 203 g/mol. The van der Waals surface area contributed by atoms with Crippen molar-refractivity contribution in [1.82, 2.24) is 5.48 Å². The molecule has 0 saturated carbocycles. The summed E-state index contributed by atoms with van der Waals surface area (Å²) in [6.07, 6.45) is 3.16. The van der Waals surface area contributed by atoms with Gasteiger partial charge in [-0.05, 0) is 12.8 Å². The van der Waals surface area contributed by atoms with Gasteiger partial charge in [-0.3, -0.25) is 9.63 Å². The summed E-state index contributed by atoms with van der Waals surface area (Å²) in [4.78, 5) is 15.7. The van der Waals surface area contributed by atoms with Gasteiger partial charge in [0.15, 0.2) is 0 Å². The van der Waals surface area contributed by atoms with Crippen molar-refractivity contribution in [2.24, 2.45) is 0 Å². The van der Waals surface area contributed by atoms with Gasteiger partial charge in [0.1, 0.15) is 0 Å². The molecule has 0 aromatic carbocycles. The Morgan fingerprint density at radius 1 is 1.36 bits per heavy atom. The van der Waals surface area contributed by atoms with Crippen molar-refractivity contribution in [2.45, 2.75) is 51.6 Å². The first-order chi connectivity index (χ1) is 6.58. The Morgan fingerprint density at radius 3 is 2.21 bits per heavy atom. The van der Waals surface area contributed by atoms with Crippen LogP contribution in [0.15, 0.2) is 0 Å². The van der Waals surface area contributed by atoms with Gasteiger partial charge in [0.05, 0.1) is 19.1 Å². The zero-order valence-corrected chi connectivity index (χ0v) is 9.30. The molecule has 0 heterocycles. The Labute approximate surface area is 85.6 Å². The van der Waals surface area contributed by atoms with Crippen molar-refractivity contribution in [1.29, 1.82) is 0 Å². The summed E-state index contributed by atoms with van der Waals surface area (Å²) in [5, 5.41) is 10.1. The number of carbonyl (C=O) groups is 1. The van der Waals surface area contributed by atoms with E-state index in [4.69, 9.17) is 0 Å². The molecule has 4 heteroatoms. The lowest BCUT2D eigenvalue weighted by Gasteiger charge is -2.26. The van der Waals surface area contributed by atoms with E-state index in [2.05, 4.69) is 10.3 Å². The maximum Gasteiger partial charge on any atom is 0.246 e. The van der Waals surface area contributed by atoms with Crippen molar-refractivity contribution < 1.29 is 14.7 Å². The van der Waals surface area contributed by atoms with Crippen LogP contribution in [0.5, 0.6) is 0 Å². The molecule has 0 aliphatic rings. The third-order valence-corrected chi connectivity index (χ3v) is 2.14. The lowest BCUT2D eigenvalue weighted by Crippen LogP contribution is -2.36. The fraction of sp³-hybridized carbons (Fsp3) is 0.900. The first-order valence-electron chi connectivity index (χ1n) is 5.12. The molecule has 0 rings (SSSR count). The Hall–Kier alpha value is -0.610. The quantitative estimate of drug-likeness (QED) is 0.615. The predicted molar refractivity (Wildman–Crippen MR) is 54.5 cm³/mol. The van der Waals surface area contributed by atoms with E-state index in [-0.39, 0.29) is 12.3 Å². The number of nitrogens with one attached hydrogen (secondary N) is 1. The van der Waals surface area contributed by atoms with Gasteiger partial charge < -0.3 is 5.11 Å². The third kappa shape index (κ3) is 5.19. The molecule has 0 unspecified atom stereocenters. The van der Waals surface area contributed by atoms with Crippen LogP contribution in [0.3, 0.4) is 0 Å². The summed E-state index contributed by atoms with van der Waals surface area (Å²) in [5.41, 5.74) is 1.35. The van der Waals surface area contributed by atoms with Crippen LogP contribution in [-0.4, -0.2) is 23.7 Å². The number of carbonyl (C=O) groups excluding carboxylic acids is 1. The average Bonchev–Trinajstić information content (AvgIpc) is 2.04. The molecule has 2 N–H and O–H groups in total. The van der Waals surface area contributed by atoms with Crippen LogP contribution in [0.2, 0.25) is 0 Å². The molecule has 0 atom stereocenters. The fourth-order valence-corrected chi connectivity index (χ4v) is 1.68. The number of aliphatic hydroxyl groups is 1. The molecule has 0 fully saturated rings. The fourth-order valence-electron chi connectivity index (χ4n) is 1.68. The molecule has 0 aromatic heterocycles. The predicted octanol–water partition coefficient (Wildman–Crippen LogP) is 1.39. The van der Waals surface area contributed by atoms with Crippen molar-refractivity contribution >= 4 is 5.91 Å². The molecule has 84 valence electrons. The standard InChI is InChI=1S/C10H21NO3/c1-4-6-10(13,7-5-2)8-9(12)11-14-3/h13H,4-8H2,1-3H3,(H,11,12). The Morgan fingerprint density at radius 2 is 1.86 bits per heavy atom. The van der Waals surface area contributed by atoms with E-state index < -0.39 is 5.60 Å². The minimum absolute atomic E-state index is 0.114. The SMILES string of the molecule is CCCC(O)(CCC)CC(=O)NOC. The zero-order chi connectivity index (χ0) is 11.0. The maximum atomic E-state index is 11.2. The van der Waals surface area contributed by atoms with Crippen molar-refractivity contribution in [2.75, 3.05) is 7.11 Å². The first kappa shape index (κ1) is 13.4. The third-order valence-electron chi connectivity index (χ3n) is 2.14. The van der Waals surface area contributed by atoms with E-state index in [9.17, 15) is 9.90 Å². The molecule has 1 amide bonds. The molecular formula is C10H21NO3. The number of hydrogen-bond donors (Lipinski definition) is 2. The van der Waals surface area contributed by atoms with Crippen LogP contribution in [0.1, 0.15) is 46.0 Å². The second-order valence-corrected chi connectivity index (χ2v) is 3.63. The highest BCUT2D eigenvalue weighted by Crippen LogP contribution is 2.23. The Balaban J connectivity index is 4.12. The van der Waals surface area contributed by atoms with Gasteiger partial charge in [-0.15, -0.1) is 0 Å².